The fourth-order valence-electron chi connectivity index (χ4n) is 2.27. The summed E-state index contributed by atoms with van der Waals surface area (Å²) in [6.07, 6.45) is 1.65. The smallest absolute Gasteiger partial charge is 0.271 e. The van der Waals surface area contributed by atoms with Gasteiger partial charge in [0.2, 0.25) is 0 Å². The average Bonchev–Trinajstić information content (AvgIpc) is 2.55. The molecule has 22 heavy (non-hydrogen) atoms. The van der Waals surface area contributed by atoms with E-state index in [2.05, 4.69) is 10.5 Å². The van der Waals surface area contributed by atoms with Crippen LogP contribution < -0.4 is 11.2 Å². The molecule has 0 aliphatic carbocycles. The fourth-order valence-corrected chi connectivity index (χ4v) is 2.27. The molecule has 0 aliphatic rings. The van der Waals surface area contributed by atoms with Crippen LogP contribution in [0.5, 0.6) is 0 Å². The number of fused-ring (bicyclic) bond motifs is 1. The molecule has 0 heterocycles. The van der Waals surface area contributed by atoms with Crippen LogP contribution in [0.15, 0.2) is 71.8 Å². The molecule has 3 aromatic rings. The Bertz CT molecular complexity index is 850. The minimum Gasteiger partial charge on any atom is -0.399 e. The summed E-state index contributed by atoms with van der Waals surface area (Å²) in [6, 6.07) is 20.8. The molecule has 0 spiro atoms. The van der Waals surface area contributed by atoms with Crippen molar-refractivity contribution in [3.05, 3.63) is 77.9 Å². The lowest BCUT2D eigenvalue weighted by atomic mass is 10.1. The van der Waals surface area contributed by atoms with Crippen LogP contribution in [0.3, 0.4) is 0 Å². The predicted octanol–water partition coefficient (Wildman–Crippen LogP) is 3.19. The average molecular weight is 289 g/mol. The van der Waals surface area contributed by atoms with E-state index < -0.39 is 0 Å². The minimum absolute atomic E-state index is 0.288. The molecule has 0 radical (unpaired) electrons. The highest BCUT2D eigenvalue weighted by atomic mass is 16.2. The third-order valence-electron chi connectivity index (χ3n) is 3.34. The van der Waals surface area contributed by atoms with Gasteiger partial charge in [0.15, 0.2) is 0 Å². The summed E-state index contributed by atoms with van der Waals surface area (Å²) in [7, 11) is 0. The highest BCUT2D eigenvalue weighted by Gasteiger charge is 2.03. The van der Waals surface area contributed by atoms with E-state index in [0.717, 1.165) is 16.3 Å². The Balaban J connectivity index is 1.78. The summed E-state index contributed by atoms with van der Waals surface area (Å²) in [5.74, 6) is -0.288. The maximum Gasteiger partial charge on any atom is 0.271 e. The molecule has 4 heteroatoms. The number of benzene rings is 3. The number of nitrogens with two attached hydrogens (primary N) is 1. The van der Waals surface area contributed by atoms with E-state index in [9.17, 15) is 4.79 Å². The third kappa shape index (κ3) is 2.96. The number of nitrogens with one attached hydrogen (secondary N) is 1. The first kappa shape index (κ1) is 13.8. The van der Waals surface area contributed by atoms with Crippen LogP contribution in [0, 0.1) is 0 Å². The van der Waals surface area contributed by atoms with Gasteiger partial charge in [-0.05, 0) is 29.0 Å². The summed E-state index contributed by atoms with van der Waals surface area (Å²) >= 11 is 0. The van der Waals surface area contributed by atoms with Crippen molar-refractivity contribution in [3.63, 3.8) is 0 Å². The minimum atomic E-state index is -0.288. The molecule has 0 aliphatic heterocycles. The Morgan fingerprint density at radius 1 is 1.00 bits per heavy atom. The second-order valence-electron chi connectivity index (χ2n) is 4.89. The summed E-state index contributed by atoms with van der Waals surface area (Å²) in [6.45, 7) is 0. The van der Waals surface area contributed by atoms with Gasteiger partial charge in [0, 0.05) is 16.8 Å². The van der Waals surface area contributed by atoms with Gasteiger partial charge in [0.25, 0.3) is 5.91 Å². The largest absolute Gasteiger partial charge is 0.399 e. The van der Waals surface area contributed by atoms with E-state index >= 15 is 0 Å². The van der Waals surface area contributed by atoms with Crippen molar-refractivity contribution in [2.24, 2.45) is 5.10 Å². The zero-order chi connectivity index (χ0) is 15.4. The number of anilines is 1. The van der Waals surface area contributed by atoms with Crippen molar-refractivity contribution in [2.75, 3.05) is 5.73 Å². The first-order valence-electron chi connectivity index (χ1n) is 6.91. The molecule has 0 bridgehead atoms. The van der Waals surface area contributed by atoms with Gasteiger partial charge in [-0.25, -0.2) is 5.43 Å². The van der Waals surface area contributed by atoms with E-state index in [4.69, 9.17) is 5.73 Å². The quantitative estimate of drug-likeness (QED) is 0.442. The fraction of sp³-hybridized carbons (Fsp3) is 0. The summed E-state index contributed by atoms with van der Waals surface area (Å²) < 4.78 is 0. The zero-order valence-corrected chi connectivity index (χ0v) is 11.9. The highest BCUT2D eigenvalue weighted by Crippen LogP contribution is 2.16. The first-order valence-corrected chi connectivity index (χ1v) is 6.91. The standard InChI is InChI=1S/C18H15N3O/c19-16-9-4-7-14(11-16)18(22)21-20-12-15-8-3-6-13-5-1-2-10-17(13)15/h1-12H,19H2,(H,21,22)/b20-12+. The number of rotatable bonds is 3. The van der Waals surface area contributed by atoms with Crippen LogP contribution in [0.1, 0.15) is 15.9 Å². The van der Waals surface area contributed by atoms with Crippen LogP contribution in [-0.2, 0) is 0 Å². The molecule has 3 aromatic carbocycles. The maximum absolute atomic E-state index is 12.0. The molecule has 3 rings (SSSR count). The number of nitrogen functional groups attached to an aromatic ring is 1. The number of hydrogen-bond donors (Lipinski definition) is 2. The van der Waals surface area contributed by atoms with Gasteiger partial charge in [-0.1, -0.05) is 48.5 Å². The Morgan fingerprint density at radius 3 is 2.64 bits per heavy atom. The van der Waals surface area contributed by atoms with Crippen LogP contribution in [0.4, 0.5) is 5.69 Å². The van der Waals surface area contributed by atoms with Gasteiger partial charge >= 0.3 is 0 Å². The van der Waals surface area contributed by atoms with E-state index in [-0.39, 0.29) is 5.91 Å². The second-order valence-corrected chi connectivity index (χ2v) is 4.89. The predicted molar refractivity (Wildman–Crippen MR) is 89.9 cm³/mol. The summed E-state index contributed by atoms with van der Waals surface area (Å²) in [5.41, 5.74) is 10.2. The lowest BCUT2D eigenvalue weighted by Crippen LogP contribution is -2.17. The van der Waals surface area contributed by atoms with Gasteiger partial charge < -0.3 is 5.73 Å². The van der Waals surface area contributed by atoms with Gasteiger partial charge in [0.05, 0.1) is 6.21 Å². The topological polar surface area (TPSA) is 67.5 Å². The van der Waals surface area contributed by atoms with E-state index in [1.165, 1.54) is 0 Å². The molecule has 4 nitrogen and oxygen atoms in total. The number of amides is 1. The third-order valence-corrected chi connectivity index (χ3v) is 3.34. The lowest BCUT2D eigenvalue weighted by molar-refractivity contribution is 0.0955. The molecule has 0 aromatic heterocycles. The Hall–Kier alpha value is -3.14. The molecular formula is C18H15N3O. The Labute approximate surface area is 128 Å². The number of carbonyl (C=O) groups excluding carboxylic acids is 1. The molecule has 0 atom stereocenters. The summed E-state index contributed by atoms with van der Waals surface area (Å²) in [5, 5.41) is 6.26. The molecule has 0 saturated carbocycles. The van der Waals surface area contributed by atoms with Crippen molar-refractivity contribution in [3.8, 4) is 0 Å². The Morgan fingerprint density at radius 2 is 1.77 bits per heavy atom. The van der Waals surface area contributed by atoms with Crippen LogP contribution in [0.25, 0.3) is 10.8 Å². The van der Waals surface area contributed by atoms with Crippen molar-refractivity contribution in [1.82, 2.24) is 5.43 Å². The number of hydrazone groups is 1. The van der Waals surface area contributed by atoms with Crippen molar-refractivity contribution in [1.29, 1.82) is 0 Å². The molecule has 0 fully saturated rings. The van der Waals surface area contributed by atoms with Crippen LogP contribution in [0.2, 0.25) is 0 Å². The molecular weight excluding hydrogens is 274 g/mol. The van der Waals surface area contributed by atoms with Crippen molar-refractivity contribution >= 4 is 28.6 Å². The number of carbonyl (C=O) groups is 1. The van der Waals surface area contributed by atoms with E-state index in [0.29, 0.717) is 11.3 Å². The Kier molecular flexibility index (Phi) is 3.83. The van der Waals surface area contributed by atoms with Gasteiger partial charge in [-0.3, -0.25) is 4.79 Å². The van der Waals surface area contributed by atoms with Crippen LogP contribution >= 0.6 is 0 Å². The lowest BCUT2D eigenvalue weighted by Gasteiger charge is -2.02. The summed E-state index contributed by atoms with van der Waals surface area (Å²) in [4.78, 5) is 12.0. The highest BCUT2D eigenvalue weighted by molar-refractivity contribution is 6.00. The molecule has 108 valence electrons. The first-order chi connectivity index (χ1) is 10.7. The number of hydrogen-bond acceptors (Lipinski definition) is 3. The second kappa shape index (κ2) is 6.10. The molecule has 0 saturated heterocycles. The number of nitrogens with zero attached hydrogens (tertiary/aromatic N) is 1. The SMILES string of the molecule is Nc1cccc(C(=O)N/N=C/c2cccc3ccccc23)c1. The molecule has 3 N–H and O–H groups in total. The van der Waals surface area contributed by atoms with Gasteiger partial charge in [-0.15, -0.1) is 0 Å². The monoisotopic (exact) mass is 289 g/mol. The van der Waals surface area contributed by atoms with Crippen LogP contribution in [-0.4, -0.2) is 12.1 Å². The zero-order valence-electron chi connectivity index (χ0n) is 11.9. The molecule has 0 unspecified atom stereocenters. The maximum atomic E-state index is 12.0. The van der Waals surface area contributed by atoms with E-state index in [1.807, 2.05) is 42.5 Å². The normalized spacial score (nSPS) is 10.9. The van der Waals surface area contributed by atoms with E-state index in [1.54, 1.807) is 30.5 Å². The van der Waals surface area contributed by atoms with Gasteiger partial charge in [-0.2, -0.15) is 5.10 Å². The van der Waals surface area contributed by atoms with Crippen molar-refractivity contribution in [2.45, 2.75) is 0 Å². The molecule has 1 amide bonds. The van der Waals surface area contributed by atoms with Crippen molar-refractivity contribution < 1.29 is 4.79 Å². The van der Waals surface area contributed by atoms with Gasteiger partial charge in [0.1, 0.15) is 0 Å².